The van der Waals surface area contributed by atoms with Crippen LogP contribution < -0.4 is 4.57 Å². The van der Waals surface area contributed by atoms with Crippen LogP contribution in [-0.2, 0) is 6.54 Å². The van der Waals surface area contributed by atoms with Gasteiger partial charge in [0.05, 0.1) is 12.2 Å². The highest BCUT2D eigenvalue weighted by Gasteiger charge is 2.45. The summed E-state index contributed by atoms with van der Waals surface area (Å²) in [6.45, 7) is 1.49. The molecule has 3 aromatic rings. The van der Waals surface area contributed by atoms with Gasteiger partial charge in [-0.25, -0.2) is 0 Å². The summed E-state index contributed by atoms with van der Waals surface area (Å²) < 4.78 is 2.60. The number of hydrogen-bond acceptors (Lipinski definition) is 4. The number of rotatable bonds is 4. The standard InChI is InChI=1S/C19H18N2S2Si/c1-24(22-17-10-3-2-4-11-17)21(15-16-9-7-8-14-20-16)18-12-5-6-13-19(18)23-24/h2-14H,15H2,1H3. The summed E-state index contributed by atoms with van der Waals surface area (Å²) in [6, 6.07) is 25.7. The normalized spacial score (nSPS) is 19.3. The molecule has 0 saturated heterocycles. The van der Waals surface area contributed by atoms with Crippen LogP contribution in [0.5, 0.6) is 0 Å². The van der Waals surface area contributed by atoms with Crippen molar-refractivity contribution >= 4 is 34.6 Å². The molecule has 0 fully saturated rings. The largest absolute Gasteiger partial charge is 0.374 e. The van der Waals surface area contributed by atoms with E-state index in [9.17, 15) is 0 Å². The quantitative estimate of drug-likeness (QED) is 0.562. The molecule has 1 aliphatic rings. The molecule has 0 spiro atoms. The highest BCUT2D eigenvalue weighted by atomic mass is 32.6. The van der Waals surface area contributed by atoms with E-state index in [4.69, 9.17) is 0 Å². The van der Waals surface area contributed by atoms with Gasteiger partial charge in [0.1, 0.15) is 0 Å². The minimum atomic E-state index is -1.82. The monoisotopic (exact) mass is 366 g/mol. The summed E-state index contributed by atoms with van der Waals surface area (Å²) in [5, 5.41) is 0. The highest BCUT2D eigenvalue weighted by Crippen LogP contribution is 2.54. The van der Waals surface area contributed by atoms with Gasteiger partial charge in [0.25, 0.3) is 6.53 Å². The van der Waals surface area contributed by atoms with Crippen LogP contribution in [0, 0.1) is 0 Å². The molecule has 0 bridgehead atoms. The van der Waals surface area contributed by atoms with E-state index >= 15 is 0 Å². The van der Waals surface area contributed by atoms with E-state index < -0.39 is 6.53 Å². The number of aromatic nitrogens is 1. The van der Waals surface area contributed by atoms with Gasteiger partial charge in [0.15, 0.2) is 0 Å². The Labute approximate surface area is 151 Å². The van der Waals surface area contributed by atoms with Crippen LogP contribution >= 0.6 is 22.4 Å². The number of fused-ring (bicyclic) bond motifs is 1. The third-order valence-electron chi connectivity index (χ3n) is 4.04. The SMILES string of the molecule is C[Si]1(Sc2ccccc2)Sc2ccccc2N1Cc1ccccn1. The van der Waals surface area contributed by atoms with Crippen LogP contribution in [0.1, 0.15) is 5.69 Å². The van der Waals surface area contributed by atoms with Crippen molar-refractivity contribution in [3.63, 3.8) is 0 Å². The van der Waals surface area contributed by atoms with Gasteiger partial charge in [-0.05, 0) is 42.9 Å². The Morgan fingerprint density at radius 1 is 0.958 bits per heavy atom. The third-order valence-corrected chi connectivity index (χ3v) is 13.7. The number of anilines is 1. The van der Waals surface area contributed by atoms with Crippen molar-refractivity contribution in [3.05, 3.63) is 84.7 Å². The molecule has 5 heteroatoms. The maximum atomic E-state index is 4.55. The maximum absolute atomic E-state index is 4.55. The van der Waals surface area contributed by atoms with Crippen molar-refractivity contribution in [2.45, 2.75) is 22.9 Å². The van der Waals surface area contributed by atoms with E-state index in [2.05, 4.69) is 94.0 Å². The van der Waals surface area contributed by atoms with E-state index in [1.54, 1.807) is 0 Å². The Bertz CT molecular complexity index is 829. The number of para-hydroxylation sites is 1. The second-order valence-electron chi connectivity index (χ2n) is 5.79. The summed E-state index contributed by atoms with van der Waals surface area (Å²) in [6.07, 6.45) is 1.88. The number of hydrogen-bond donors (Lipinski definition) is 0. The van der Waals surface area contributed by atoms with E-state index in [1.165, 1.54) is 15.5 Å². The molecule has 0 radical (unpaired) electrons. The maximum Gasteiger partial charge on any atom is 0.289 e. The topological polar surface area (TPSA) is 16.1 Å². The summed E-state index contributed by atoms with van der Waals surface area (Å²) in [7, 11) is 0. The zero-order valence-corrected chi connectivity index (χ0v) is 16.1. The first-order valence-electron chi connectivity index (χ1n) is 7.94. The van der Waals surface area contributed by atoms with Gasteiger partial charge in [-0.3, -0.25) is 4.98 Å². The minimum Gasteiger partial charge on any atom is -0.374 e. The lowest BCUT2D eigenvalue weighted by atomic mass is 10.3. The molecule has 24 heavy (non-hydrogen) atoms. The number of nitrogens with zero attached hydrogens (tertiary/aromatic N) is 2. The Morgan fingerprint density at radius 3 is 2.50 bits per heavy atom. The van der Waals surface area contributed by atoms with Crippen LogP contribution in [0.2, 0.25) is 6.55 Å². The molecule has 2 aromatic carbocycles. The Hall–Kier alpha value is -1.69. The summed E-state index contributed by atoms with van der Waals surface area (Å²) >= 11 is 4.10. The van der Waals surface area contributed by atoms with Crippen LogP contribution in [0.3, 0.4) is 0 Å². The molecule has 1 aromatic heterocycles. The number of benzene rings is 2. The van der Waals surface area contributed by atoms with E-state index in [0.717, 1.165) is 12.2 Å². The van der Waals surface area contributed by atoms with Crippen LogP contribution in [0.15, 0.2) is 88.8 Å². The smallest absolute Gasteiger partial charge is 0.289 e. The first-order valence-corrected chi connectivity index (χ1v) is 13.5. The van der Waals surface area contributed by atoms with E-state index in [0.29, 0.717) is 0 Å². The molecule has 2 heterocycles. The van der Waals surface area contributed by atoms with Crippen molar-refractivity contribution in [2.75, 3.05) is 4.57 Å². The summed E-state index contributed by atoms with van der Waals surface area (Å²) in [5.41, 5.74) is 2.48. The van der Waals surface area contributed by atoms with Crippen LogP contribution in [0.25, 0.3) is 0 Å². The predicted molar refractivity (Wildman–Crippen MR) is 107 cm³/mol. The summed E-state index contributed by atoms with van der Waals surface area (Å²) in [4.78, 5) is 7.29. The molecule has 0 amide bonds. The first-order chi connectivity index (χ1) is 11.7. The molecule has 0 aliphatic carbocycles. The fraction of sp³-hybridized carbons (Fsp3) is 0.105. The molecule has 1 unspecified atom stereocenters. The molecular weight excluding hydrogens is 348 g/mol. The Balaban J connectivity index is 1.70. The van der Waals surface area contributed by atoms with Gasteiger partial charge in [0, 0.05) is 21.7 Å². The lowest BCUT2D eigenvalue weighted by molar-refractivity contribution is 0.960. The van der Waals surface area contributed by atoms with E-state index in [1.807, 2.05) is 23.5 Å². The van der Waals surface area contributed by atoms with Crippen molar-refractivity contribution in [2.24, 2.45) is 0 Å². The molecule has 1 atom stereocenters. The highest BCUT2D eigenvalue weighted by molar-refractivity contribution is 8.58. The first kappa shape index (κ1) is 15.8. The lowest BCUT2D eigenvalue weighted by Crippen LogP contribution is -2.42. The fourth-order valence-electron chi connectivity index (χ4n) is 2.91. The fourth-order valence-corrected chi connectivity index (χ4v) is 13.2. The predicted octanol–water partition coefficient (Wildman–Crippen LogP) is 5.55. The lowest BCUT2D eigenvalue weighted by Gasteiger charge is -2.33. The van der Waals surface area contributed by atoms with Crippen molar-refractivity contribution in [1.29, 1.82) is 0 Å². The average molecular weight is 367 g/mol. The Kier molecular flexibility index (Phi) is 4.39. The van der Waals surface area contributed by atoms with Gasteiger partial charge in [-0.15, -0.1) is 22.4 Å². The minimum absolute atomic E-state index is 0.868. The molecule has 120 valence electrons. The van der Waals surface area contributed by atoms with Crippen molar-refractivity contribution in [1.82, 2.24) is 4.98 Å². The van der Waals surface area contributed by atoms with Gasteiger partial charge >= 0.3 is 0 Å². The molecule has 2 nitrogen and oxygen atoms in total. The van der Waals surface area contributed by atoms with Gasteiger partial charge < -0.3 is 4.57 Å². The average Bonchev–Trinajstić information content (AvgIpc) is 2.88. The van der Waals surface area contributed by atoms with Gasteiger partial charge in [-0.2, -0.15) is 0 Å². The van der Waals surface area contributed by atoms with Gasteiger partial charge in [0.2, 0.25) is 0 Å². The van der Waals surface area contributed by atoms with Crippen molar-refractivity contribution in [3.8, 4) is 0 Å². The van der Waals surface area contributed by atoms with Gasteiger partial charge in [-0.1, -0.05) is 36.4 Å². The van der Waals surface area contributed by atoms with Crippen molar-refractivity contribution < 1.29 is 0 Å². The Morgan fingerprint density at radius 2 is 1.71 bits per heavy atom. The number of pyridine rings is 1. The second kappa shape index (κ2) is 6.67. The molecule has 0 saturated carbocycles. The van der Waals surface area contributed by atoms with E-state index in [-0.39, 0.29) is 0 Å². The molecule has 4 rings (SSSR count). The second-order valence-corrected chi connectivity index (χ2v) is 16.2. The zero-order chi connectivity index (χ0) is 16.4. The molecule has 1 aliphatic heterocycles. The van der Waals surface area contributed by atoms with Crippen LogP contribution in [-0.4, -0.2) is 11.5 Å². The molecule has 0 N–H and O–H groups in total. The third kappa shape index (κ3) is 3.11. The van der Waals surface area contributed by atoms with Crippen LogP contribution in [0.4, 0.5) is 5.69 Å². The zero-order valence-electron chi connectivity index (χ0n) is 13.4. The molecular formula is C19H18N2S2Si. The summed E-state index contributed by atoms with van der Waals surface area (Å²) in [5.74, 6) is 0.